The molecule has 3 atom stereocenters. The van der Waals surface area contributed by atoms with Crippen molar-refractivity contribution in [2.75, 3.05) is 5.32 Å². The maximum atomic E-state index is 13.6. The van der Waals surface area contributed by atoms with E-state index in [0.29, 0.717) is 39.6 Å². The minimum Gasteiger partial charge on any atom is -0.474 e. The molecule has 2 saturated carbocycles. The normalized spacial score (nSPS) is 25.6. The Kier molecular flexibility index (Phi) is 4.82. The van der Waals surface area contributed by atoms with Gasteiger partial charge in [0.15, 0.2) is 0 Å². The molecule has 0 saturated heterocycles. The molecule has 5 nitrogen and oxygen atoms in total. The molecule has 3 unspecified atom stereocenters. The van der Waals surface area contributed by atoms with E-state index in [1.165, 1.54) is 18.5 Å². The van der Waals surface area contributed by atoms with Crippen molar-refractivity contribution in [3.8, 4) is 5.88 Å². The van der Waals surface area contributed by atoms with E-state index in [9.17, 15) is 9.18 Å². The molecule has 1 amide bonds. The van der Waals surface area contributed by atoms with Crippen LogP contribution in [-0.2, 0) is 4.79 Å². The van der Waals surface area contributed by atoms with Crippen molar-refractivity contribution in [3.05, 3.63) is 59.6 Å². The lowest BCUT2D eigenvalue weighted by Crippen LogP contribution is -2.25. The van der Waals surface area contributed by atoms with Crippen molar-refractivity contribution in [2.24, 2.45) is 23.7 Å². The zero-order valence-corrected chi connectivity index (χ0v) is 17.1. The van der Waals surface area contributed by atoms with E-state index in [0.717, 1.165) is 18.5 Å². The summed E-state index contributed by atoms with van der Waals surface area (Å²) in [6.07, 6.45) is 3.24. The van der Waals surface area contributed by atoms with Gasteiger partial charge in [-0.05, 0) is 73.1 Å². The quantitative estimate of drug-likeness (QED) is 0.617. The summed E-state index contributed by atoms with van der Waals surface area (Å²) in [6.45, 7) is 1.99. The number of hydrogen-bond donors (Lipinski definition) is 1. The van der Waals surface area contributed by atoms with Crippen molar-refractivity contribution >= 4 is 34.1 Å². The molecule has 2 aliphatic rings. The number of nitrogens with one attached hydrogen (secondary N) is 1. The third-order valence-corrected chi connectivity index (χ3v) is 6.66. The van der Waals surface area contributed by atoms with Crippen LogP contribution in [0, 0.1) is 29.5 Å². The fraction of sp³-hybridized carbons (Fsp3) is 0.348. The smallest absolute Gasteiger partial charge is 0.227 e. The van der Waals surface area contributed by atoms with Crippen LogP contribution < -0.4 is 10.1 Å². The topological polar surface area (TPSA) is 64.1 Å². The number of amides is 1. The van der Waals surface area contributed by atoms with Gasteiger partial charge in [0, 0.05) is 16.6 Å². The number of anilines is 1. The van der Waals surface area contributed by atoms with Gasteiger partial charge < -0.3 is 10.1 Å². The lowest BCUT2D eigenvalue weighted by atomic mass is 9.97. The number of halogens is 2. The van der Waals surface area contributed by atoms with Gasteiger partial charge in [0.05, 0.1) is 10.9 Å². The summed E-state index contributed by atoms with van der Waals surface area (Å²) in [4.78, 5) is 21.0. The Balaban J connectivity index is 1.20. The molecule has 0 spiro atoms. The van der Waals surface area contributed by atoms with Crippen LogP contribution in [0.3, 0.4) is 0 Å². The molecule has 3 aromatic rings. The average Bonchev–Trinajstić information content (AvgIpc) is 3.24. The number of rotatable bonds is 5. The summed E-state index contributed by atoms with van der Waals surface area (Å²) in [5.74, 6) is 1.39. The van der Waals surface area contributed by atoms with E-state index < -0.39 is 0 Å². The molecule has 2 fully saturated rings. The maximum absolute atomic E-state index is 13.6. The lowest BCUT2D eigenvalue weighted by molar-refractivity contribution is -0.120. The van der Waals surface area contributed by atoms with Gasteiger partial charge in [0.25, 0.3) is 0 Å². The summed E-state index contributed by atoms with van der Waals surface area (Å²) < 4.78 is 19.7. The number of ether oxygens (including phenoxy) is 1. The molecule has 1 N–H and O–H groups in total. The Bertz CT molecular complexity index is 1100. The van der Waals surface area contributed by atoms with Crippen LogP contribution in [0.5, 0.6) is 5.88 Å². The predicted octanol–water partition coefficient (Wildman–Crippen LogP) is 5.10. The highest BCUT2D eigenvalue weighted by atomic mass is 35.5. The van der Waals surface area contributed by atoms with Gasteiger partial charge >= 0.3 is 0 Å². The first-order valence-electron chi connectivity index (χ1n) is 10.1. The molecule has 0 radical (unpaired) electrons. The summed E-state index contributed by atoms with van der Waals surface area (Å²) in [5, 5.41) is 4.20. The molecular formula is C23H21ClFN3O2. The number of hydrogen-bond acceptors (Lipinski definition) is 4. The van der Waals surface area contributed by atoms with Crippen LogP contribution >= 0.6 is 11.6 Å². The Labute approximate surface area is 178 Å². The van der Waals surface area contributed by atoms with Gasteiger partial charge in [-0.3, -0.25) is 4.79 Å². The van der Waals surface area contributed by atoms with Crippen molar-refractivity contribution in [2.45, 2.75) is 25.9 Å². The van der Waals surface area contributed by atoms with Gasteiger partial charge in [-0.1, -0.05) is 18.5 Å². The second kappa shape index (κ2) is 7.51. The van der Waals surface area contributed by atoms with Crippen molar-refractivity contribution < 1.29 is 13.9 Å². The molecule has 0 bridgehead atoms. The fourth-order valence-electron chi connectivity index (χ4n) is 4.90. The standard InChI is InChI=1S/C23H21ClFN3O2/c1-12(22(29)28-15-5-2-13(24)3-6-15)21-17-9-16(10-18(17)21)30-23-19-8-14(25)4-7-20(19)26-11-27-23/h2-8,11-12,16-18,21H,9-10H2,1H3,(H,28,29). The molecule has 1 heterocycles. The highest BCUT2D eigenvalue weighted by Crippen LogP contribution is 2.61. The van der Waals surface area contributed by atoms with Gasteiger partial charge in [-0.25, -0.2) is 14.4 Å². The molecule has 2 aromatic carbocycles. The number of carbonyl (C=O) groups excluding carboxylic acids is 1. The zero-order valence-electron chi connectivity index (χ0n) is 16.4. The van der Waals surface area contributed by atoms with E-state index >= 15 is 0 Å². The van der Waals surface area contributed by atoms with Crippen LogP contribution in [-0.4, -0.2) is 22.0 Å². The second-order valence-electron chi connectivity index (χ2n) is 8.24. The van der Waals surface area contributed by atoms with Crippen LogP contribution in [0.4, 0.5) is 10.1 Å². The SMILES string of the molecule is CC(C(=O)Nc1ccc(Cl)cc1)C1C2CC(Oc3ncnc4ccc(F)cc34)CC21. The molecule has 2 aliphatic carbocycles. The number of carbonyl (C=O) groups is 1. The van der Waals surface area contributed by atoms with Crippen LogP contribution in [0.25, 0.3) is 10.9 Å². The van der Waals surface area contributed by atoms with Crippen molar-refractivity contribution in [1.29, 1.82) is 0 Å². The minimum absolute atomic E-state index is 0.0316. The average molecular weight is 426 g/mol. The monoisotopic (exact) mass is 425 g/mol. The van der Waals surface area contributed by atoms with Crippen molar-refractivity contribution in [1.82, 2.24) is 9.97 Å². The Morgan fingerprint density at radius 3 is 2.63 bits per heavy atom. The highest BCUT2D eigenvalue weighted by Gasteiger charge is 2.59. The third kappa shape index (κ3) is 3.60. The van der Waals surface area contributed by atoms with Crippen LogP contribution in [0.2, 0.25) is 5.02 Å². The summed E-state index contributed by atoms with van der Waals surface area (Å²) in [5.41, 5.74) is 1.42. The largest absolute Gasteiger partial charge is 0.474 e. The maximum Gasteiger partial charge on any atom is 0.227 e. The first kappa shape index (κ1) is 19.2. The van der Waals surface area contributed by atoms with Gasteiger partial charge in [-0.2, -0.15) is 0 Å². The molecule has 1 aromatic heterocycles. The molecule has 30 heavy (non-hydrogen) atoms. The van der Waals surface area contributed by atoms with Gasteiger partial charge in [0.2, 0.25) is 11.8 Å². The Hall–Kier alpha value is -2.73. The third-order valence-electron chi connectivity index (χ3n) is 6.41. The summed E-state index contributed by atoms with van der Waals surface area (Å²) in [6, 6.07) is 11.6. The first-order chi connectivity index (χ1) is 14.5. The van der Waals surface area contributed by atoms with Crippen LogP contribution in [0.1, 0.15) is 19.8 Å². The van der Waals surface area contributed by atoms with Crippen molar-refractivity contribution in [3.63, 3.8) is 0 Å². The predicted molar refractivity (Wildman–Crippen MR) is 113 cm³/mol. The number of nitrogens with zero attached hydrogens (tertiary/aromatic N) is 2. The van der Waals surface area contributed by atoms with E-state index in [1.54, 1.807) is 30.3 Å². The first-order valence-corrected chi connectivity index (χ1v) is 10.5. The molecule has 5 rings (SSSR count). The molecule has 7 heteroatoms. The summed E-state index contributed by atoms with van der Waals surface area (Å²) >= 11 is 5.90. The molecule has 0 aliphatic heterocycles. The lowest BCUT2D eigenvalue weighted by Gasteiger charge is -2.19. The highest BCUT2D eigenvalue weighted by molar-refractivity contribution is 6.30. The fourth-order valence-corrected chi connectivity index (χ4v) is 5.03. The molecule has 154 valence electrons. The molecular weight excluding hydrogens is 405 g/mol. The van der Waals surface area contributed by atoms with Gasteiger partial charge in [0.1, 0.15) is 18.2 Å². The number of benzene rings is 2. The second-order valence-corrected chi connectivity index (χ2v) is 8.68. The Morgan fingerprint density at radius 2 is 1.90 bits per heavy atom. The summed E-state index contributed by atoms with van der Waals surface area (Å²) in [7, 11) is 0. The number of fused-ring (bicyclic) bond motifs is 2. The zero-order chi connectivity index (χ0) is 20.8. The van der Waals surface area contributed by atoms with Crippen LogP contribution in [0.15, 0.2) is 48.8 Å². The van der Waals surface area contributed by atoms with Gasteiger partial charge in [-0.15, -0.1) is 0 Å². The number of aromatic nitrogens is 2. The van der Waals surface area contributed by atoms with E-state index in [1.807, 2.05) is 6.92 Å². The van der Waals surface area contributed by atoms with E-state index in [-0.39, 0.29) is 23.7 Å². The van der Waals surface area contributed by atoms with E-state index in [4.69, 9.17) is 16.3 Å². The Morgan fingerprint density at radius 1 is 1.17 bits per heavy atom. The van der Waals surface area contributed by atoms with E-state index in [2.05, 4.69) is 15.3 Å². The minimum atomic E-state index is -0.336.